The summed E-state index contributed by atoms with van der Waals surface area (Å²) >= 11 is 0. The lowest BCUT2D eigenvalue weighted by Crippen LogP contribution is -2.47. The fraction of sp³-hybridized carbons (Fsp3) is 0.647. The van der Waals surface area contributed by atoms with E-state index in [1.165, 1.54) is 16.8 Å². The van der Waals surface area contributed by atoms with Gasteiger partial charge in [-0.25, -0.2) is 4.79 Å². The standard InChI is InChI=1S/C17H26N4O2/c1-17(2,13-5-7-23-8-6-13)11-18-16(22)20-14-3-4-15-12(9-14)10-19-21-15/h5,10,14H,3-4,6-9,11H2,1-2H3,(H,19,21)(H2,18,20,22). The lowest BCUT2D eigenvalue weighted by Gasteiger charge is -2.31. The van der Waals surface area contributed by atoms with Crippen molar-refractivity contribution in [3.8, 4) is 0 Å². The zero-order valence-electron chi connectivity index (χ0n) is 13.9. The Morgan fingerprint density at radius 1 is 1.48 bits per heavy atom. The first-order chi connectivity index (χ1) is 11.0. The second kappa shape index (κ2) is 6.74. The Kier molecular flexibility index (Phi) is 4.71. The largest absolute Gasteiger partial charge is 0.377 e. The van der Waals surface area contributed by atoms with Gasteiger partial charge >= 0.3 is 6.03 Å². The highest BCUT2D eigenvalue weighted by Crippen LogP contribution is 2.29. The van der Waals surface area contributed by atoms with Crippen LogP contribution in [0.1, 0.15) is 37.9 Å². The molecule has 0 saturated heterocycles. The molecule has 0 aromatic carbocycles. The summed E-state index contributed by atoms with van der Waals surface area (Å²) < 4.78 is 5.36. The van der Waals surface area contributed by atoms with Gasteiger partial charge in [-0.15, -0.1) is 0 Å². The Bertz CT molecular complexity index is 591. The van der Waals surface area contributed by atoms with Crippen molar-refractivity contribution in [1.29, 1.82) is 0 Å². The molecule has 0 fully saturated rings. The summed E-state index contributed by atoms with van der Waals surface area (Å²) in [7, 11) is 0. The monoisotopic (exact) mass is 318 g/mol. The number of amides is 2. The Balaban J connectivity index is 1.47. The number of aryl methyl sites for hydroxylation is 1. The normalized spacial score (nSPS) is 21.3. The maximum atomic E-state index is 12.2. The Morgan fingerprint density at radius 2 is 2.35 bits per heavy atom. The van der Waals surface area contributed by atoms with Crippen LogP contribution in [0.4, 0.5) is 4.79 Å². The SMILES string of the molecule is CC(C)(CNC(=O)NC1CCc2[nH]ncc2C1)C1=CCOCC1. The smallest absolute Gasteiger partial charge is 0.315 e. The van der Waals surface area contributed by atoms with Gasteiger partial charge in [0.1, 0.15) is 0 Å². The molecule has 2 aliphatic rings. The minimum absolute atomic E-state index is 0.0363. The molecule has 126 valence electrons. The molecule has 1 aliphatic carbocycles. The van der Waals surface area contributed by atoms with Crippen molar-refractivity contribution in [1.82, 2.24) is 20.8 Å². The van der Waals surface area contributed by atoms with Crippen LogP contribution in [0.3, 0.4) is 0 Å². The average Bonchev–Trinajstić information content (AvgIpc) is 3.02. The average molecular weight is 318 g/mol. The number of urea groups is 1. The van der Waals surface area contributed by atoms with Gasteiger partial charge in [0, 0.05) is 23.7 Å². The topological polar surface area (TPSA) is 79.0 Å². The third kappa shape index (κ3) is 3.93. The number of hydrogen-bond donors (Lipinski definition) is 3. The predicted molar refractivity (Wildman–Crippen MR) is 88.2 cm³/mol. The van der Waals surface area contributed by atoms with E-state index in [4.69, 9.17) is 4.74 Å². The number of fused-ring (bicyclic) bond motifs is 1. The van der Waals surface area contributed by atoms with E-state index >= 15 is 0 Å². The van der Waals surface area contributed by atoms with Crippen LogP contribution in [0, 0.1) is 5.41 Å². The second-order valence-electron chi connectivity index (χ2n) is 7.08. The molecule has 0 bridgehead atoms. The van der Waals surface area contributed by atoms with Crippen LogP contribution < -0.4 is 10.6 Å². The number of carbonyl (C=O) groups is 1. The van der Waals surface area contributed by atoms with Crippen molar-refractivity contribution in [2.24, 2.45) is 5.41 Å². The molecule has 6 heteroatoms. The number of rotatable bonds is 4. The van der Waals surface area contributed by atoms with E-state index in [1.54, 1.807) is 0 Å². The van der Waals surface area contributed by atoms with E-state index in [9.17, 15) is 4.79 Å². The number of aromatic amines is 1. The van der Waals surface area contributed by atoms with Crippen LogP contribution in [0.15, 0.2) is 17.8 Å². The van der Waals surface area contributed by atoms with Crippen molar-refractivity contribution < 1.29 is 9.53 Å². The lowest BCUT2D eigenvalue weighted by atomic mass is 9.81. The summed E-state index contributed by atoms with van der Waals surface area (Å²) in [4.78, 5) is 12.2. The first-order valence-corrected chi connectivity index (χ1v) is 8.37. The molecule has 0 spiro atoms. The highest BCUT2D eigenvalue weighted by molar-refractivity contribution is 5.74. The third-order valence-electron chi connectivity index (χ3n) is 4.88. The van der Waals surface area contributed by atoms with Crippen LogP contribution in [-0.4, -0.2) is 42.0 Å². The number of nitrogens with one attached hydrogen (secondary N) is 3. The van der Waals surface area contributed by atoms with Crippen molar-refractivity contribution in [2.75, 3.05) is 19.8 Å². The van der Waals surface area contributed by atoms with Crippen LogP contribution in [0.2, 0.25) is 0 Å². The van der Waals surface area contributed by atoms with Crippen LogP contribution in [0.5, 0.6) is 0 Å². The molecule has 1 atom stereocenters. The highest BCUT2D eigenvalue weighted by Gasteiger charge is 2.26. The van der Waals surface area contributed by atoms with Gasteiger partial charge < -0.3 is 15.4 Å². The molecule has 2 amide bonds. The van der Waals surface area contributed by atoms with Crippen molar-refractivity contribution >= 4 is 6.03 Å². The molecular weight excluding hydrogens is 292 g/mol. The predicted octanol–water partition coefficient (Wildman–Crippen LogP) is 1.94. The molecule has 6 nitrogen and oxygen atoms in total. The van der Waals surface area contributed by atoms with Gasteiger partial charge in [0.2, 0.25) is 0 Å². The van der Waals surface area contributed by atoms with E-state index in [2.05, 4.69) is 40.8 Å². The third-order valence-corrected chi connectivity index (χ3v) is 4.88. The van der Waals surface area contributed by atoms with Gasteiger partial charge in [0.15, 0.2) is 0 Å². The van der Waals surface area contributed by atoms with Gasteiger partial charge in [-0.3, -0.25) is 5.10 Å². The first kappa shape index (κ1) is 16.1. The van der Waals surface area contributed by atoms with Gasteiger partial charge in [0.25, 0.3) is 0 Å². The van der Waals surface area contributed by atoms with Crippen LogP contribution >= 0.6 is 0 Å². The molecule has 0 saturated carbocycles. The molecule has 23 heavy (non-hydrogen) atoms. The second-order valence-corrected chi connectivity index (χ2v) is 7.08. The summed E-state index contributed by atoms with van der Waals surface area (Å²) in [6.45, 7) is 6.43. The molecule has 1 unspecified atom stereocenters. The van der Waals surface area contributed by atoms with E-state index in [1.807, 2.05) is 6.20 Å². The number of nitrogens with zero attached hydrogens (tertiary/aromatic N) is 1. The van der Waals surface area contributed by atoms with Gasteiger partial charge in [-0.1, -0.05) is 25.5 Å². The summed E-state index contributed by atoms with van der Waals surface area (Å²) in [5.41, 5.74) is 3.75. The van der Waals surface area contributed by atoms with Crippen LogP contribution in [0.25, 0.3) is 0 Å². The number of ether oxygens (including phenoxy) is 1. The van der Waals surface area contributed by atoms with E-state index in [-0.39, 0.29) is 17.5 Å². The maximum absolute atomic E-state index is 12.2. The lowest BCUT2D eigenvalue weighted by molar-refractivity contribution is 0.145. The van der Waals surface area contributed by atoms with Gasteiger partial charge in [-0.2, -0.15) is 5.10 Å². The number of H-pyrrole nitrogens is 1. The molecular formula is C17H26N4O2. The maximum Gasteiger partial charge on any atom is 0.315 e. The van der Waals surface area contributed by atoms with Gasteiger partial charge in [-0.05, 0) is 31.2 Å². The molecule has 1 aromatic heterocycles. The Labute approximate surface area is 137 Å². The quantitative estimate of drug-likeness (QED) is 0.742. The Hall–Kier alpha value is -1.82. The molecule has 2 heterocycles. The fourth-order valence-electron chi connectivity index (χ4n) is 3.33. The number of hydrogen-bond acceptors (Lipinski definition) is 3. The molecule has 1 aliphatic heterocycles. The van der Waals surface area contributed by atoms with E-state index < -0.39 is 0 Å². The molecule has 3 N–H and O–H groups in total. The fourth-order valence-corrected chi connectivity index (χ4v) is 3.33. The van der Waals surface area contributed by atoms with Crippen molar-refractivity contribution in [3.63, 3.8) is 0 Å². The van der Waals surface area contributed by atoms with Crippen LogP contribution in [-0.2, 0) is 17.6 Å². The first-order valence-electron chi connectivity index (χ1n) is 8.37. The summed E-state index contributed by atoms with van der Waals surface area (Å²) in [5, 5.41) is 13.2. The zero-order valence-corrected chi connectivity index (χ0v) is 13.9. The summed E-state index contributed by atoms with van der Waals surface area (Å²) in [5.74, 6) is 0. The number of aromatic nitrogens is 2. The van der Waals surface area contributed by atoms with Gasteiger partial charge in [0.05, 0.1) is 19.4 Å². The molecule has 3 rings (SSSR count). The zero-order chi connectivity index (χ0) is 16.3. The minimum atomic E-state index is -0.0809. The molecule has 0 radical (unpaired) electrons. The minimum Gasteiger partial charge on any atom is -0.377 e. The highest BCUT2D eigenvalue weighted by atomic mass is 16.5. The Morgan fingerprint density at radius 3 is 3.13 bits per heavy atom. The van der Waals surface area contributed by atoms with Crippen molar-refractivity contribution in [2.45, 2.75) is 45.6 Å². The van der Waals surface area contributed by atoms with E-state index in [0.29, 0.717) is 13.2 Å². The summed E-state index contributed by atoms with van der Waals surface area (Å²) in [6, 6.07) is 0.105. The van der Waals surface area contributed by atoms with E-state index in [0.717, 1.165) is 32.3 Å². The van der Waals surface area contributed by atoms with Crippen molar-refractivity contribution in [3.05, 3.63) is 29.1 Å². The molecule has 1 aromatic rings. The summed E-state index contributed by atoms with van der Waals surface area (Å²) in [6.07, 6.45) is 7.70. The number of carbonyl (C=O) groups excluding carboxylic acids is 1.